The first-order chi connectivity index (χ1) is 10.5. The van der Waals surface area contributed by atoms with Crippen molar-refractivity contribution in [3.8, 4) is 0 Å². The van der Waals surface area contributed by atoms with Crippen LogP contribution in [0, 0.1) is 0 Å². The summed E-state index contributed by atoms with van der Waals surface area (Å²) in [6.07, 6.45) is 4.10. The summed E-state index contributed by atoms with van der Waals surface area (Å²) in [6, 6.07) is 7.54. The lowest BCUT2D eigenvalue weighted by atomic mass is 9.90. The fourth-order valence-corrected chi connectivity index (χ4v) is 2.94. The van der Waals surface area contributed by atoms with Crippen molar-refractivity contribution in [3.05, 3.63) is 58.1 Å². The van der Waals surface area contributed by atoms with E-state index in [9.17, 15) is 4.79 Å². The van der Waals surface area contributed by atoms with Crippen LogP contribution in [0.2, 0.25) is 0 Å². The fraction of sp³-hybridized carbons (Fsp3) is 0.312. The minimum Gasteiger partial charge on any atom is -0.335 e. The number of rotatable bonds is 2. The highest BCUT2D eigenvalue weighted by atomic mass is 79.9. The van der Waals surface area contributed by atoms with Gasteiger partial charge in [0.2, 0.25) is 5.91 Å². The van der Waals surface area contributed by atoms with Gasteiger partial charge in [-0.05, 0) is 36.6 Å². The van der Waals surface area contributed by atoms with Crippen LogP contribution in [0.25, 0.3) is 0 Å². The molecular formula is C16H17BrN4O. The number of hydrogen-bond donors (Lipinski definition) is 1. The molecule has 0 fully saturated rings. The van der Waals surface area contributed by atoms with Crippen LogP contribution >= 0.6 is 15.9 Å². The van der Waals surface area contributed by atoms with Crippen LogP contribution in [0.15, 0.2) is 41.3 Å². The van der Waals surface area contributed by atoms with Gasteiger partial charge < -0.3 is 10.6 Å². The summed E-state index contributed by atoms with van der Waals surface area (Å²) in [4.78, 5) is 22.9. The molecule has 0 bridgehead atoms. The number of aromatic nitrogens is 2. The van der Waals surface area contributed by atoms with Gasteiger partial charge in [0.05, 0.1) is 12.2 Å². The third-order valence-corrected chi connectivity index (χ3v) is 4.58. The zero-order valence-electron chi connectivity index (χ0n) is 12.3. The third-order valence-electron chi connectivity index (χ3n) is 4.05. The summed E-state index contributed by atoms with van der Waals surface area (Å²) in [5.74, 6) is -0.0842. The van der Waals surface area contributed by atoms with E-state index in [1.54, 1.807) is 11.8 Å². The van der Waals surface area contributed by atoms with Gasteiger partial charge in [-0.3, -0.25) is 4.79 Å². The molecule has 3 rings (SSSR count). The Morgan fingerprint density at radius 3 is 2.82 bits per heavy atom. The van der Waals surface area contributed by atoms with E-state index < -0.39 is 5.54 Å². The van der Waals surface area contributed by atoms with E-state index in [1.807, 2.05) is 30.5 Å². The van der Waals surface area contributed by atoms with Crippen molar-refractivity contribution >= 4 is 21.8 Å². The molecule has 1 aliphatic heterocycles. The highest BCUT2D eigenvalue weighted by Crippen LogP contribution is 2.25. The molecule has 22 heavy (non-hydrogen) atoms. The fourth-order valence-electron chi connectivity index (χ4n) is 2.67. The zero-order chi connectivity index (χ0) is 15.7. The van der Waals surface area contributed by atoms with Crippen molar-refractivity contribution in [1.29, 1.82) is 0 Å². The van der Waals surface area contributed by atoms with Crippen LogP contribution in [-0.2, 0) is 23.3 Å². The van der Waals surface area contributed by atoms with Gasteiger partial charge in [0.1, 0.15) is 11.9 Å². The molecule has 2 heterocycles. The minimum atomic E-state index is -1.05. The van der Waals surface area contributed by atoms with Gasteiger partial charge in [-0.1, -0.05) is 28.1 Å². The number of fused-ring (bicyclic) bond motifs is 1. The molecule has 2 N–H and O–H groups in total. The predicted molar refractivity (Wildman–Crippen MR) is 86.8 cm³/mol. The van der Waals surface area contributed by atoms with Gasteiger partial charge in [0.25, 0.3) is 0 Å². The Morgan fingerprint density at radius 1 is 1.36 bits per heavy atom. The Labute approximate surface area is 137 Å². The number of nitrogens with two attached hydrogens (primary N) is 1. The van der Waals surface area contributed by atoms with Crippen molar-refractivity contribution in [2.75, 3.05) is 6.54 Å². The smallest absolute Gasteiger partial charge is 0.247 e. The monoisotopic (exact) mass is 360 g/mol. The van der Waals surface area contributed by atoms with Crippen LogP contribution in [0.5, 0.6) is 0 Å². The van der Waals surface area contributed by atoms with Crippen molar-refractivity contribution < 1.29 is 4.79 Å². The normalized spacial score (nSPS) is 16.8. The Bertz CT molecular complexity index is 700. The standard InChI is InChI=1S/C16H17BrN4O/c1-16(18,12-2-4-13(17)5-3-12)15(22)21-7-6-11-8-19-10-20-14(11)9-21/h2-5,8,10H,6-7,9,18H2,1H3. The molecule has 1 aromatic carbocycles. The van der Waals surface area contributed by atoms with E-state index in [4.69, 9.17) is 5.73 Å². The van der Waals surface area contributed by atoms with Crippen LogP contribution in [0.3, 0.4) is 0 Å². The summed E-state index contributed by atoms with van der Waals surface area (Å²) < 4.78 is 0.961. The zero-order valence-corrected chi connectivity index (χ0v) is 13.9. The maximum Gasteiger partial charge on any atom is 0.247 e. The molecule has 2 aromatic rings. The van der Waals surface area contributed by atoms with E-state index in [-0.39, 0.29) is 5.91 Å². The Morgan fingerprint density at radius 2 is 2.09 bits per heavy atom. The molecule has 0 saturated heterocycles. The largest absolute Gasteiger partial charge is 0.335 e. The summed E-state index contributed by atoms with van der Waals surface area (Å²) in [6.45, 7) is 2.89. The molecule has 1 aliphatic rings. The average Bonchev–Trinajstić information content (AvgIpc) is 2.54. The summed E-state index contributed by atoms with van der Waals surface area (Å²) in [5.41, 5.74) is 8.10. The molecule has 114 valence electrons. The molecule has 0 aliphatic carbocycles. The molecule has 5 nitrogen and oxygen atoms in total. The molecule has 0 radical (unpaired) electrons. The van der Waals surface area contributed by atoms with E-state index in [0.717, 1.165) is 27.7 Å². The molecule has 1 amide bonds. The van der Waals surface area contributed by atoms with Crippen LogP contribution in [-0.4, -0.2) is 27.3 Å². The van der Waals surface area contributed by atoms with Gasteiger partial charge in [-0.2, -0.15) is 0 Å². The Balaban J connectivity index is 1.83. The van der Waals surface area contributed by atoms with E-state index in [2.05, 4.69) is 25.9 Å². The number of carbonyl (C=O) groups excluding carboxylic acids is 1. The second-order valence-electron chi connectivity index (χ2n) is 5.68. The highest BCUT2D eigenvalue weighted by molar-refractivity contribution is 9.10. The summed E-state index contributed by atoms with van der Waals surface area (Å²) >= 11 is 3.39. The van der Waals surface area contributed by atoms with Crippen molar-refractivity contribution in [3.63, 3.8) is 0 Å². The number of carbonyl (C=O) groups is 1. The first kappa shape index (κ1) is 15.1. The molecule has 1 aromatic heterocycles. The van der Waals surface area contributed by atoms with Crippen molar-refractivity contribution in [2.45, 2.75) is 25.4 Å². The topological polar surface area (TPSA) is 72.1 Å². The maximum absolute atomic E-state index is 12.9. The number of amides is 1. The van der Waals surface area contributed by atoms with E-state index in [1.165, 1.54) is 6.33 Å². The van der Waals surface area contributed by atoms with Crippen LogP contribution in [0.1, 0.15) is 23.7 Å². The summed E-state index contributed by atoms with van der Waals surface area (Å²) in [7, 11) is 0. The second-order valence-corrected chi connectivity index (χ2v) is 6.60. The molecule has 1 atom stereocenters. The van der Waals surface area contributed by atoms with Crippen LogP contribution < -0.4 is 5.73 Å². The summed E-state index contributed by atoms with van der Waals surface area (Å²) in [5, 5.41) is 0. The quantitative estimate of drug-likeness (QED) is 0.888. The average molecular weight is 361 g/mol. The molecule has 6 heteroatoms. The Kier molecular flexibility index (Phi) is 3.97. The molecule has 0 spiro atoms. The second kappa shape index (κ2) is 5.78. The number of nitrogens with zero attached hydrogens (tertiary/aromatic N) is 3. The van der Waals surface area contributed by atoms with E-state index in [0.29, 0.717) is 13.1 Å². The maximum atomic E-state index is 12.9. The minimum absolute atomic E-state index is 0.0842. The number of hydrogen-bond acceptors (Lipinski definition) is 4. The van der Waals surface area contributed by atoms with Gasteiger partial charge in [0, 0.05) is 17.2 Å². The van der Waals surface area contributed by atoms with Gasteiger partial charge in [0.15, 0.2) is 0 Å². The third kappa shape index (κ3) is 2.76. The number of benzene rings is 1. The van der Waals surface area contributed by atoms with Crippen molar-refractivity contribution in [1.82, 2.24) is 14.9 Å². The Hall–Kier alpha value is -1.79. The first-order valence-electron chi connectivity index (χ1n) is 7.10. The SMILES string of the molecule is CC(N)(C(=O)N1CCc2cncnc2C1)c1ccc(Br)cc1. The van der Waals surface area contributed by atoms with Gasteiger partial charge >= 0.3 is 0 Å². The molecular weight excluding hydrogens is 344 g/mol. The predicted octanol–water partition coefficient (Wildman–Crippen LogP) is 2.00. The highest BCUT2D eigenvalue weighted by Gasteiger charge is 2.36. The lowest BCUT2D eigenvalue weighted by Gasteiger charge is -2.34. The first-order valence-corrected chi connectivity index (χ1v) is 7.90. The van der Waals surface area contributed by atoms with Gasteiger partial charge in [-0.25, -0.2) is 9.97 Å². The van der Waals surface area contributed by atoms with E-state index >= 15 is 0 Å². The lowest BCUT2D eigenvalue weighted by Crippen LogP contribution is -2.52. The molecule has 1 unspecified atom stereocenters. The van der Waals surface area contributed by atoms with Crippen LogP contribution in [0.4, 0.5) is 0 Å². The molecule has 0 saturated carbocycles. The lowest BCUT2D eigenvalue weighted by molar-refractivity contribution is -0.137. The van der Waals surface area contributed by atoms with Crippen molar-refractivity contribution in [2.24, 2.45) is 5.73 Å². The van der Waals surface area contributed by atoms with Gasteiger partial charge in [-0.15, -0.1) is 0 Å². The number of halogens is 1.